The van der Waals surface area contributed by atoms with Crippen LogP contribution in [0.4, 0.5) is 5.95 Å². The van der Waals surface area contributed by atoms with E-state index in [0.717, 1.165) is 18.1 Å². The van der Waals surface area contributed by atoms with Gasteiger partial charge in [-0.2, -0.15) is 4.98 Å². The second-order valence-corrected chi connectivity index (χ2v) is 6.49. The molecule has 1 aliphatic rings. The van der Waals surface area contributed by atoms with Crippen molar-refractivity contribution >= 4 is 17.5 Å². The van der Waals surface area contributed by atoms with E-state index in [0.29, 0.717) is 23.7 Å². The zero-order valence-electron chi connectivity index (χ0n) is 13.2. The van der Waals surface area contributed by atoms with Crippen LogP contribution in [0, 0.1) is 18.8 Å². The van der Waals surface area contributed by atoms with Gasteiger partial charge >= 0.3 is 0 Å². The van der Waals surface area contributed by atoms with Gasteiger partial charge in [0.2, 0.25) is 11.8 Å². The minimum atomic E-state index is 0.117. The zero-order chi connectivity index (χ0) is 15.2. The number of halogens is 1. The molecule has 0 aliphatic heterocycles. The molecule has 0 aromatic carbocycles. The molecule has 4 nitrogen and oxygen atoms in total. The summed E-state index contributed by atoms with van der Waals surface area (Å²) in [6.45, 7) is 6.85. The molecule has 0 bridgehead atoms. The number of aryl methyl sites for hydroxylation is 1. The predicted molar refractivity (Wildman–Crippen MR) is 87.2 cm³/mol. The smallest absolute Gasteiger partial charge is 0.226 e. The fourth-order valence-corrected chi connectivity index (χ4v) is 3.31. The predicted octanol–water partition coefficient (Wildman–Crippen LogP) is 4.03. The monoisotopic (exact) mass is 311 g/mol. The number of rotatable bonds is 6. The van der Waals surface area contributed by atoms with Crippen molar-refractivity contribution in [1.29, 1.82) is 0 Å². The molecule has 118 valence electrons. The highest BCUT2D eigenvalue weighted by atomic mass is 35.5. The summed E-state index contributed by atoms with van der Waals surface area (Å²) in [5, 5.41) is 3.37. The Hall–Kier alpha value is -1.03. The number of aromatic nitrogens is 2. The van der Waals surface area contributed by atoms with Gasteiger partial charge in [-0.25, -0.2) is 4.98 Å². The lowest BCUT2D eigenvalue weighted by Gasteiger charge is -2.30. The van der Waals surface area contributed by atoms with Crippen LogP contribution >= 0.6 is 11.6 Å². The van der Waals surface area contributed by atoms with Gasteiger partial charge < -0.3 is 10.1 Å². The normalized spacial score (nSPS) is 22.3. The van der Waals surface area contributed by atoms with Crippen molar-refractivity contribution in [3.63, 3.8) is 0 Å². The van der Waals surface area contributed by atoms with Crippen LogP contribution in [0.25, 0.3) is 0 Å². The van der Waals surface area contributed by atoms with E-state index in [4.69, 9.17) is 16.3 Å². The first-order valence-corrected chi connectivity index (χ1v) is 8.44. The van der Waals surface area contributed by atoms with E-state index in [-0.39, 0.29) is 6.10 Å². The van der Waals surface area contributed by atoms with Crippen LogP contribution in [-0.2, 0) is 0 Å². The highest BCUT2D eigenvalue weighted by Gasteiger charge is 2.24. The Morgan fingerprint density at radius 1 is 1.29 bits per heavy atom. The number of hydrogen-bond acceptors (Lipinski definition) is 4. The molecule has 1 N–H and O–H groups in total. The number of alkyl halides is 1. The molecule has 0 saturated heterocycles. The van der Waals surface area contributed by atoms with Crippen LogP contribution in [0.15, 0.2) is 6.07 Å². The standard InChI is InChI=1S/C16H26ClN3O/c1-11(2)21-15-8-12(3)19-16(20-15)18-10-14-7-5-4-6-13(14)9-17/h8,11,13-14H,4-7,9-10H2,1-3H3,(H,18,19,20). The number of nitrogens with one attached hydrogen (secondary N) is 1. The van der Waals surface area contributed by atoms with Gasteiger partial charge in [-0.15, -0.1) is 11.6 Å². The van der Waals surface area contributed by atoms with Crippen molar-refractivity contribution in [2.24, 2.45) is 11.8 Å². The largest absolute Gasteiger partial charge is 0.475 e. The molecule has 2 unspecified atom stereocenters. The summed E-state index contributed by atoms with van der Waals surface area (Å²) in [5.74, 6) is 3.28. The van der Waals surface area contributed by atoms with E-state index in [9.17, 15) is 0 Å². The Morgan fingerprint density at radius 2 is 2.00 bits per heavy atom. The number of hydrogen-bond donors (Lipinski definition) is 1. The molecule has 0 radical (unpaired) electrons. The maximum absolute atomic E-state index is 6.09. The Bertz CT molecular complexity index is 453. The average molecular weight is 312 g/mol. The van der Waals surface area contributed by atoms with Gasteiger partial charge in [0.15, 0.2) is 0 Å². The molecular weight excluding hydrogens is 286 g/mol. The maximum Gasteiger partial charge on any atom is 0.226 e. The van der Waals surface area contributed by atoms with E-state index in [1.807, 2.05) is 26.8 Å². The molecule has 2 atom stereocenters. The van der Waals surface area contributed by atoms with Gasteiger partial charge in [0, 0.05) is 24.2 Å². The second kappa shape index (κ2) is 7.83. The van der Waals surface area contributed by atoms with E-state index >= 15 is 0 Å². The first kappa shape index (κ1) is 16.3. The lowest BCUT2D eigenvalue weighted by molar-refractivity contribution is 0.232. The topological polar surface area (TPSA) is 47.0 Å². The van der Waals surface area contributed by atoms with Crippen molar-refractivity contribution in [2.75, 3.05) is 17.7 Å². The van der Waals surface area contributed by atoms with Gasteiger partial charge in [-0.05, 0) is 45.4 Å². The van der Waals surface area contributed by atoms with Crippen molar-refractivity contribution in [1.82, 2.24) is 9.97 Å². The SMILES string of the molecule is Cc1cc(OC(C)C)nc(NCC2CCCCC2CCl)n1. The summed E-state index contributed by atoms with van der Waals surface area (Å²) >= 11 is 6.09. The second-order valence-electron chi connectivity index (χ2n) is 6.18. The molecule has 1 aromatic rings. The molecular formula is C16H26ClN3O. The zero-order valence-corrected chi connectivity index (χ0v) is 14.0. The van der Waals surface area contributed by atoms with Gasteiger partial charge in [0.1, 0.15) is 0 Å². The minimum Gasteiger partial charge on any atom is -0.475 e. The summed E-state index contributed by atoms with van der Waals surface area (Å²) in [5.41, 5.74) is 0.917. The van der Waals surface area contributed by atoms with Gasteiger partial charge in [-0.1, -0.05) is 12.8 Å². The van der Waals surface area contributed by atoms with Gasteiger partial charge in [0.05, 0.1) is 6.10 Å². The summed E-state index contributed by atoms with van der Waals surface area (Å²) in [6, 6.07) is 1.87. The fraction of sp³-hybridized carbons (Fsp3) is 0.750. The Kier molecular flexibility index (Phi) is 6.09. The fourth-order valence-electron chi connectivity index (χ4n) is 2.90. The Balaban J connectivity index is 1.97. The van der Waals surface area contributed by atoms with Crippen molar-refractivity contribution < 1.29 is 4.74 Å². The van der Waals surface area contributed by atoms with Crippen molar-refractivity contribution in [2.45, 2.75) is 52.6 Å². The molecule has 2 rings (SSSR count). The third-order valence-corrected chi connectivity index (χ3v) is 4.37. The molecule has 1 saturated carbocycles. The summed E-state index contributed by atoms with van der Waals surface area (Å²) < 4.78 is 5.66. The molecule has 1 heterocycles. The molecule has 21 heavy (non-hydrogen) atoms. The van der Waals surface area contributed by atoms with Crippen LogP contribution in [0.5, 0.6) is 5.88 Å². The van der Waals surface area contributed by atoms with Crippen LogP contribution in [0.3, 0.4) is 0 Å². The number of nitrogens with zero attached hydrogens (tertiary/aromatic N) is 2. The third-order valence-electron chi connectivity index (χ3n) is 3.97. The van der Waals surface area contributed by atoms with Crippen LogP contribution in [-0.4, -0.2) is 28.5 Å². The van der Waals surface area contributed by atoms with E-state index in [1.54, 1.807) is 0 Å². The van der Waals surface area contributed by atoms with Crippen LogP contribution < -0.4 is 10.1 Å². The molecule has 5 heteroatoms. The lowest BCUT2D eigenvalue weighted by atomic mass is 9.80. The van der Waals surface area contributed by atoms with Gasteiger partial charge in [0.25, 0.3) is 0 Å². The number of ether oxygens (including phenoxy) is 1. The average Bonchev–Trinajstić information content (AvgIpc) is 2.44. The van der Waals surface area contributed by atoms with E-state index in [2.05, 4.69) is 15.3 Å². The Labute approximate surface area is 132 Å². The summed E-state index contributed by atoms with van der Waals surface area (Å²) in [4.78, 5) is 8.87. The first-order valence-electron chi connectivity index (χ1n) is 7.90. The van der Waals surface area contributed by atoms with Crippen molar-refractivity contribution in [3.8, 4) is 5.88 Å². The quantitative estimate of drug-likeness (QED) is 0.806. The summed E-state index contributed by atoms with van der Waals surface area (Å²) in [6.07, 6.45) is 5.21. The molecule has 1 aliphatic carbocycles. The molecule has 0 spiro atoms. The molecule has 1 aromatic heterocycles. The van der Waals surface area contributed by atoms with E-state index in [1.165, 1.54) is 25.7 Å². The molecule has 0 amide bonds. The van der Waals surface area contributed by atoms with E-state index < -0.39 is 0 Å². The third kappa shape index (κ3) is 5.03. The lowest BCUT2D eigenvalue weighted by Crippen LogP contribution is -2.28. The highest BCUT2D eigenvalue weighted by Crippen LogP contribution is 2.31. The molecule has 1 fully saturated rings. The van der Waals surface area contributed by atoms with Gasteiger partial charge in [-0.3, -0.25) is 0 Å². The summed E-state index contributed by atoms with van der Waals surface area (Å²) in [7, 11) is 0. The first-order chi connectivity index (χ1) is 10.1. The minimum absolute atomic E-state index is 0.117. The Morgan fingerprint density at radius 3 is 2.67 bits per heavy atom. The van der Waals surface area contributed by atoms with Crippen LogP contribution in [0.1, 0.15) is 45.2 Å². The highest BCUT2D eigenvalue weighted by molar-refractivity contribution is 6.18. The number of anilines is 1. The maximum atomic E-state index is 6.09. The van der Waals surface area contributed by atoms with Crippen molar-refractivity contribution in [3.05, 3.63) is 11.8 Å². The van der Waals surface area contributed by atoms with Crippen LogP contribution in [0.2, 0.25) is 0 Å².